The van der Waals surface area contributed by atoms with Crippen LogP contribution in [0.2, 0.25) is 0 Å². The Morgan fingerprint density at radius 3 is 2.75 bits per heavy atom. The van der Waals surface area contributed by atoms with Crippen molar-refractivity contribution in [1.29, 1.82) is 0 Å². The third-order valence-corrected chi connectivity index (χ3v) is 3.65. The highest BCUT2D eigenvalue weighted by molar-refractivity contribution is 6.40. The highest BCUT2D eigenvalue weighted by atomic mass is 16.2. The third kappa shape index (κ3) is 3.24. The molecule has 2 amide bonds. The van der Waals surface area contributed by atoms with Crippen molar-refractivity contribution in [3.63, 3.8) is 0 Å². The molecule has 7 heteroatoms. The molecule has 3 rings (SSSR count). The number of carbonyl (C=O) groups excluding carboxylic acids is 2. The van der Waals surface area contributed by atoms with E-state index < -0.39 is 11.8 Å². The van der Waals surface area contributed by atoms with Gasteiger partial charge in [-0.05, 0) is 31.2 Å². The van der Waals surface area contributed by atoms with Crippen molar-refractivity contribution in [2.45, 2.75) is 13.5 Å². The summed E-state index contributed by atoms with van der Waals surface area (Å²) < 4.78 is 1.67. The number of anilines is 1. The van der Waals surface area contributed by atoms with E-state index in [0.29, 0.717) is 5.69 Å². The van der Waals surface area contributed by atoms with E-state index in [0.717, 1.165) is 22.2 Å². The zero-order chi connectivity index (χ0) is 17.1. The third-order valence-electron chi connectivity index (χ3n) is 3.65. The molecule has 0 unspecified atom stereocenters. The lowest BCUT2D eigenvalue weighted by molar-refractivity contribution is -0.136. The molecule has 122 valence electrons. The van der Waals surface area contributed by atoms with Crippen LogP contribution in [0.3, 0.4) is 0 Å². The van der Waals surface area contributed by atoms with E-state index in [1.807, 2.05) is 25.3 Å². The summed E-state index contributed by atoms with van der Waals surface area (Å²) in [6.07, 6.45) is 3.49. The minimum atomic E-state index is -0.715. The molecule has 0 atom stereocenters. The molecule has 0 saturated carbocycles. The van der Waals surface area contributed by atoms with Gasteiger partial charge in [-0.1, -0.05) is 6.07 Å². The summed E-state index contributed by atoms with van der Waals surface area (Å²) >= 11 is 0. The van der Waals surface area contributed by atoms with Gasteiger partial charge in [-0.2, -0.15) is 5.10 Å². The van der Waals surface area contributed by atoms with Crippen molar-refractivity contribution in [1.82, 2.24) is 20.1 Å². The van der Waals surface area contributed by atoms with E-state index in [1.54, 1.807) is 36.1 Å². The van der Waals surface area contributed by atoms with Crippen LogP contribution < -0.4 is 10.6 Å². The molecule has 0 fully saturated rings. The van der Waals surface area contributed by atoms with Gasteiger partial charge in [-0.15, -0.1) is 0 Å². The number of rotatable bonds is 3. The minimum absolute atomic E-state index is 0.253. The second-order valence-electron chi connectivity index (χ2n) is 5.43. The van der Waals surface area contributed by atoms with E-state index in [4.69, 9.17) is 0 Å². The molecule has 1 aromatic carbocycles. The molecule has 2 heterocycles. The summed E-state index contributed by atoms with van der Waals surface area (Å²) in [6, 6.07) is 8.98. The zero-order valence-corrected chi connectivity index (χ0v) is 13.4. The summed E-state index contributed by atoms with van der Waals surface area (Å²) in [6.45, 7) is 2.10. The van der Waals surface area contributed by atoms with Crippen molar-refractivity contribution in [3.8, 4) is 0 Å². The van der Waals surface area contributed by atoms with Gasteiger partial charge in [0, 0.05) is 36.9 Å². The van der Waals surface area contributed by atoms with E-state index >= 15 is 0 Å². The van der Waals surface area contributed by atoms with Gasteiger partial charge in [0.1, 0.15) is 0 Å². The molecular formula is C17H17N5O2. The number of fused-ring (bicyclic) bond motifs is 1. The quantitative estimate of drug-likeness (QED) is 0.715. The summed E-state index contributed by atoms with van der Waals surface area (Å²) in [4.78, 5) is 28.3. The minimum Gasteiger partial charge on any atom is -0.344 e. The van der Waals surface area contributed by atoms with Crippen LogP contribution in [0, 0.1) is 6.92 Å². The summed E-state index contributed by atoms with van der Waals surface area (Å²) in [7, 11) is 1.81. The lowest BCUT2D eigenvalue weighted by atomic mass is 10.2. The van der Waals surface area contributed by atoms with E-state index in [-0.39, 0.29) is 6.54 Å². The average molecular weight is 323 g/mol. The number of nitrogens with one attached hydrogen (secondary N) is 2. The topological polar surface area (TPSA) is 88.9 Å². The highest BCUT2D eigenvalue weighted by Crippen LogP contribution is 2.21. The fourth-order valence-electron chi connectivity index (χ4n) is 2.47. The fourth-order valence-corrected chi connectivity index (χ4v) is 2.47. The van der Waals surface area contributed by atoms with Gasteiger partial charge in [0.05, 0.1) is 16.9 Å². The Hall–Kier alpha value is -3.22. The molecule has 24 heavy (non-hydrogen) atoms. The largest absolute Gasteiger partial charge is 0.344 e. The lowest BCUT2D eigenvalue weighted by Crippen LogP contribution is -2.35. The fraction of sp³-hybridized carbons (Fsp3) is 0.176. The van der Waals surface area contributed by atoms with Crippen LogP contribution in [0.15, 0.2) is 42.7 Å². The molecule has 0 bridgehead atoms. The van der Waals surface area contributed by atoms with Crippen LogP contribution >= 0.6 is 0 Å². The van der Waals surface area contributed by atoms with E-state index in [9.17, 15) is 9.59 Å². The Morgan fingerprint density at radius 1 is 1.17 bits per heavy atom. The number of nitrogens with zero attached hydrogens (tertiary/aromatic N) is 3. The molecule has 2 aromatic heterocycles. The number of hydrogen-bond donors (Lipinski definition) is 2. The maximum absolute atomic E-state index is 12.1. The predicted octanol–water partition coefficient (Wildman–Crippen LogP) is 1.53. The average Bonchev–Trinajstić information content (AvgIpc) is 2.90. The van der Waals surface area contributed by atoms with Crippen LogP contribution in [-0.4, -0.2) is 26.6 Å². The van der Waals surface area contributed by atoms with Crippen LogP contribution in [-0.2, 0) is 23.2 Å². The first-order valence-corrected chi connectivity index (χ1v) is 7.46. The molecule has 0 aliphatic rings. The van der Waals surface area contributed by atoms with Crippen molar-refractivity contribution in [3.05, 3.63) is 54.0 Å². The summed E-state index contributed by atoms with van der Waals surface area (Å²) in [5.74, 6) is -1.41. The highest BCUT2D eigenvalue weighted by Gasteiger charge is 2.15. The van der Waals surface area contributed by atoms with Crippen molar-refractivity contribution < 1.29 is 9.59 Å². The van der Waals surface area contributed by atoms with Gasteiger partial charge in [0.25, 0.3) is 0 Å². The van der Waals surface area contributed by atoms with Crippen LogP contribution in [0.5, 0.6) is 0 Å². The Balaban J connectivity index is 1.67. The number of hydrogen-bond acceptors (Lipinski definition) is 4. The van der Waals surface area contributed by atoms with Gasteiger partial charge in [0.2, 0.25) is 0 Å². The SMILES string of the molecule is Cc1nn(C)cc1CNC(=O)C(=O)Nc1cccc2ncccc12. The monoisotopic (exact) mass is 323 g/mol. The first kappa shape index (κ1) is 15.7. The zero-order valence-electron chi connectivity index (χ0n) is 13.4. The number of aryl methyl sites for hydroxylation is 2. The van der Waals surface area contributed by atoms with E-state index in [2.05, 4.69) is 20.7 Å². The second kappa shape index (κ2) is 6.49. The molecule has 0 radical (unpaired) electrons. The predicted molar refractivity (Wildman–Crippen MR) is 90.2 cm³/mol. The number of carbonyl (C=O) groups is 2. The Bertz CT molecular complexity index is 911. The number of amides is 2. The Kier molecular flexibility index (Phi) is 4.24. The van der Waals surface area contributed by atoms with Crippen LogP contribution in [0.25, 0.3) is 10.9 Å². The first-order chi connectivity index (χ1) is 11.5. The van der Waals surface area contributed by atoms with Gasteiger partial charge < -0.3 is 10.6 Å². The lowest BCUT2D eigenvalue weighted by Gasteiger charge is -2.08. The molecule has 2 N–H and O–H groups in total. The first-order valence-electron chi connectivity index (χ1n) is 7.46. The summed E-state index contributed by atoms with van der Waals surface area (Å²) in [5.41, 5.74) is 2.99. The van der Waals surface area contributed by atoms with Crippen molar-refractivity contribution in [2.24, 2.45) is 7.05 Å². The summed E-state index contributed by atoms with van der Waals surface area (Å²) in [5, 5.41) is 10.2. The van der Waals surface area contributed by atoms with Crippen molar-refractivity contribution in [2.75, 3.05) is 5.32 Å². The number of pyridine rings is 1. The maximum Gasteiger partial charge on any atom is 0.313 e. The smallest absolute Gasteiger partial charge is 0.313 e. The molecular weight excluding hydrogens is 306 g/mol. The normalized spacial score (nSPS) is 10.6. The Morgan fingerprint density at radius 2 is 2.00 bits per heavy atom. The van der Waals surface area contributed by atoms with Gasteiger partial charge >= 0.3 is 11.8 Å². The van der Waals surface area contributed by atoms with Crippen LogP contribution in [0.1, 0.15) is 11.3 Å². The maximum atomic E-state index is 12.1. The molecule has 0 aliphatic heterocycles. The van der Waals surface area contributed by atoms with E-state index in [1.165, 1.54) is 0 Å². The van der Waals surface area contributed by atoms with Gasteiger partial charge in [-0.3, -0.25) is 19.3 Å². The molecule has 3 aromatic rings. The Labute approximate surface area is 138 Å². The molecule has 0 spiro atoms. The van der Waals surface area contributed by atoms with Gasteiger partial charge in [0.15, 0.2) is 0 Å². The van der Waals surface area contributed by atoms with Gasteiger partial charge in [-0.25, -0.2) is 0 Å². The van der Waals surface area contributed by atoms with Crippen molar-refractivity contribution >= 4 is 28.4 Å². The van der Waals surface area contributed by atoms with Crippen LogP contribution in [0.4, 0.5) is 5.69 Å². The molecule has 0 aliphatic carbocycles. The molecule has 0 saturated heterocycles. The molecule has 7 nitrogen and oxygen atoms in total. The number of aromatic nitrogens is 3. The number of benzene rings is 1. The standard InChI is InChI=1S/C17H17N5O2/c1-11-12(10-22(2)21-11)9-19-16(23)17(24)20-15-7-3-6-14-13(15)5-4-8-18-14/h3-8,10H,9H2,1-2H3,(H,19,23)(H,20,24). The second-order valence-corrected chi connectivity index (χ2v) is 5.43.